The number of aromatic nitrogens is 3. The molecule has 0 bridgehead atoms. The zero-order valence-corrected chi connectivity index (χ0v) is 16.9. The minimum Gasteiger partial charge on any atom is -0.309 e. The van der Waals surface area contributed by atoms with Crippen molar-refractivity contribution in [1.82, 2.24) is 14.8 Å². The molecule has 6 nitrogen and oxygen atoms in total. The molecule has 26 heavy (non-hydrogen) atoms. The normalized spacial score (nSPS) is 19.0. The molecule has 2 aromatic rings. The van der Waals surface area contributed by atoms with Crippen molar-refractivity contribution < 1.29 is 13.2 Å². The Hall–Kier alpha value is -1.67. The first-order chi connectivity index (χ1) is 12.2. The second kappa shape index (κ2) is 7.52. The highest BCUT2D eigenvalue weighted by Gasteiger charge is 2.29. The highest BCUT2D eigenvalue weighted by molar-refractivity contribution is 7.99. The van der Waals surface area contributed by atoms with E-state index in [1.165, 1.54) is 11.8 Å². The predicted octanol–water partition coefficient (Wildman–Crippen LogP) is 2.38. The quantitative estimate of drug-likeness (QED) is 0.554. The second-order valence-electron chi connectivity index (χ2n) is 6.96. The third-order valence-corrected chi connectivity index (χ3v) is 7.59. The van der Waals surface area contributed by atoms with Crippen LogP contribution in [0.2, 0.25) is 0 Å². The Kier molecular flexibility index (Phi) is 5.53. The van der Waals surface area contributed by atoms with E-state index in [0.717, 1.165) is 22.5 Å². The number of thioether (sulfide) groups is 1. The number of nitrogens with zero attached hydrogens (tertiary/aromatic N) is 3. The summed E-state index contributed by atoms with van der Waals surface area (Å²) in [6.07, 6.45) is 1.29. The summed E-state index contributed by atoms with van der Waals surface area (Å²) in [7, 11) is -1.02. The fourth-order valence-electron chi connectivity index (χ4n) is 3.27. The topological polar surface area (TPSA) is 81.9 Å². The summed E-state index contributed by atoms with van der Waals surface area (Å²) in [5.41, 5.74) is 2.86. The van der Waals surface area contributed by atoms with Crippen molar-refractivity contribution >= 4 is 27.4 Å². The lowest BCUT2D eigenvalue weighted by molar-refractivity contribution is 0.102. The van der Waals surface area contributed by atoms with E-state index < -0.39 is 9.84 Å². The molecule has 1 aromatic heterocycles. The van der Waals surface area contributed by atoms with Crippen LogP contribution in [0.1, 0.15) is 33.7 Å². The molecule has 8 heteroatoms. The van der Waals surface area contributed by atoms with Gasteiger partial charge in [-0.05, 0) is 31.7 Å². The summed E-state index contributed by atoms with van der Waals surface area (Å²) in [5.74, 6) is 1.74. The van der Waals surface area contributed by atoms with Crippen molar-refractivity contribution in [1.29, 1.82) is 0 Å². The predicted molar refractivity (Wildman–Crippen MR) is 102 cm³/mol. The SMILES string of the molecule is Cc1ccc(C(=O)CSc2nnc(C[C@H]3CCS(=O)(=O)C3)n2C)c(C)c1. The van der Waals surface area contributed by atoms with E-state index in [0.29, 0.717) is 23.8 Å². The number of hydrogen-bond acceptors (Lipinski definition) is 6. The maximum Gasteiger partial charge on any atom is 0.191 e. The first-order valence-electron chi connectivity index (χ1n) is 8.57. The molecule has 0 spiro atoms. The van der Waals surface area contributed by atoms with Crippen LogP contribution in [0, 0.1) is 19.8 Å². The summed E-state index contributed by atoms with van der Waals surface area (Å²) in [6.45, 7) is 3.95. The molecule has 140 valence electrons. The third-order valence-electron chi connectivity index (χ3n) is 4.74. The standard InChI is InChI=1S/C18H23N3O3S2/c1-12-4-5-15(13(2)8-12)16(22)10-25-18-20-19-17(21(18)3)9-14-6-7-26(23,24)11-14/h4-5,8,14H,6-7,9-11H2,1-3H3/t14-/m1/s1. The number of Topliss-reactive ketones (excluding diaryl/α,β-unsaturated/α-hetero) is 1. The van der Waals surface area contributed by atoms with Gasteiger partial charge < -0.3 is 4.57 Å². The average Bonchev–Trinajstić information content (AvgIpc) is 3.08. The van der Waals surface area contributed by atoms with E-state index in [9.17, 15) is 13.2 Å². The number of carbonyl (C=O) groups excluding carboxylic acids is 1. The molecular weight excluding hydrogens is 370 g/mol. The summed E-state index contributed by atoms with van der Waals surface area (Å²) >= 11 is 1.36. The second-order valence-corrected chi connectivity index (χ2v) is 10.1. The van der Waals surface area contributed by atoms with Crippen LogP contribution in [-0.4, -0.2) is 46.2 Å². The van der Waals surface area contributed by atoms with Crippen LogP contribution >= 0.6 is 11.8 Å². The Morgan fingerprint density at radius 1 is 1.31 bits per heavy atom. The van der Waals surface area contributed by atoms with E-state index in [1.807, 2.05) is 43.7 Å². The first-order valence-corrected chi connectivity index (χ1v) is 11.4. The lowest BCUT2D eigenvalue weighted by Crippen LogP contribution is -2.11. The number of hydrogen-bond donors (Lipinski definition) is 0. The van der Waals surface area contributed by atoms with Crippen molar-refractivity contribution in [3.8, 4) is 0 Å². The van der Waals surface area contributed by atoms with E-state index in [-0.39, 0.29) is 23.2 Å². The molecule has 0 N–H and O–H groups in total. The zero-order chi connectivity index (χ0) is 18.9. The van der Waals surface area contributed by atoms with Gasteiger partial charge in [-0.15, -0.1) is 10.2 Å². The molecular formula is C18H23N3O3S2. The Morgan fingerprint density at radius 2 is 2.08 bits per heavy atom. The Bertz CT molecular complexity index is 935. The fourth-order valence-corrected chi connectivity index (χ4v) is 5.95. The summed E-state index contributed by atoms with van der Waals surface area (Å²) in [6, 6.07) is 5.82. The monoisotopic (exact) mass is 393 g/mol. The molecule has 1 aliphatic rings. The van der Waals surface area contributed by atoms with Gasteiger partial charge in [0.05, 0.1) is 17.3 Å². The van der Waals surface area contributed by atoms with Crippen LogP contribution < -0.4 is 0 Å². The third kappa shape index (κ3) is 4.35. The molecule has 1 atom stereocenters. The fraction of sp³-hybridized carbons (Fsp3) is 0.500. The van der Waals surface area contributed by atoms with Crippen LogP contribution in [0.5, 0.6) is 0 Å². The largest absolute Gasteiger partial charge is 0.309 e. The highest BCUT2D eigenvalue weighted by atomic mass is 32.2. The van der Waals surface area contributed by atoms with Gasteiger partial charge in [-0.1, -0.05) is 35.5 Å². The molecule has 0 saturated carbocycles. The van der Waals surface area contributed by atoms with Crippen LogP contribution in [0.4, 0.5) is 0 Å². The van der Waals surface area contributed by atoms with Crippen LogP contribution in [-0.2, 0) is 23.3 Å². The Balaban J connectivity index is 1.62. The molecule has 0 radical (unpaired) electrons. The summed E-state index contributed by atoms with van der Waals surface area (Å²) in [4.78, 5) is 12.5. The number of aryl methyl sites for hydroxylation is 2. The van der Waals surface area contributed by atoms with Crippen LogP contribution in [0.3, 0.4) is 0 Å². The number of benzene rings is 1. The minimum atomic E-state index is -2.89. The Labute approximate surface area is 158 Å². The lowest BCUT2D eigenvalue weighted by atomic mass is 10.0. The summed E-state index contributed by atoms with van der Waals surface area (Å²) < 4.78 is 25.1. The van der Waals surface area contributed by atoms with Crippen molar-refractivity contribution in [3.05, 3.63) is 40.7 Å². The van der Waals surface area contributed by atoms with Gasteiger partial charge in [-0.3, -0.25) is 4.79 Å². The van der Waals surface area contributed by atoms with Gasteiger partial charge in [-0.25, -0.2) is 8.42 Å². The van der Waals surface area contributed by atoms with Crippen LogP contribution in [0.25, 0.3) is 0 Å². The first kappa shape index (κ1) is 19.1. The van der Waals surface area contributed by atoms with Gasteiger partial charge in [0.2, 0.25) is 0 Å². The maximum atomic E-state index is 12.5. The molecule has 1 aliphatic heterocycles. The molecule has 3 rings (SSSR count). The van der Waals surface area contributed by atoms with Gasteiger partial charge in [0, 0.05) is 19.0 Å². The maximum absolute atomic E-state index is 12.5. The molecule has 2 heterocycles. The van der Waals surface area contributed by atoms with E-state index in [2.05, 4.69) is 10.2 Å². The number of rotatable bonds is 6. The smallest absolute Gasteiger partial charge is 0.191 e. The highest BCUT2D eigenvalue weighted by Crippen LogP contribution is 2.24. The minimum absolute atomic E-state index is 0.0685. The van der Waals surface area contributed by atoms with Gasteiger partial charge in [0.25, 0.3) is 0 Å². The van der Waals surface area contributed by atoms with Crippen LogP contribution in [0.15, 0.2) is 23.4 Å². The molecule has 0 unspecified atom stereocenters. The van der Waals surface area contributed by atoms with Crippen molar-refractivity contribution in [2.45, 2.75) is 31.8 Å². The number of ketones is 1. The molecule has 0 amide bonds. The van der Waals surface area contributed by atoms with Crippen molar-refractivity contribution in [3.63, 3.8) is 0 Å². The number of carbonyl (C=O) groups is 1. The lowest BCUT2D eigenvalue weighted by Gasteiger charge is -2.08. The van der Waals surface area contributed by atoms with Crippen molar-refractivity contribution in [2.24, 2.45) is 13.0 Å². The van der Waals surface area contributed by atoms with Gasteiger partial charge in [-0.2, -0.15) is 0 Å². The molecule has 1 aromatic carbocycles. The number of sulfone groups is 1. The van der Waals surface area contributed by atoms with Gasteiger partial charge in [0.1, 0.15) is 5.82 Å². The van der Waals surface area contributed by atoms with Gasteiger partial charge >= 0.3 is 0 Å². The average molecular weight is 394 g/mol. The molecule has 1 fully saturated rings. The van der Waals surface area contributed by atoms with E-state index in [1.54, 1.807) is 0 Å². The van der Waals surface area contributed by atoms with Crippen molar-refractivity contribution in [2.75, 3.05) is 17.3 Å². The van der Waals surface area contributed by atoms with E-state index >= 15 is 0 Å². The Morgan fingerprint density at radius 3 is 2.73 bits per heavy atom. The summed E-state index contributed by atoms with van der Waals surface area (Å²) in [5, 5.41) is 9.04. The molecule has 0 aliphatic carbocycles. The zero-order valence-electron chi connectivity index (χ0n) is 15.2. The van der Waals surface area contributed by atoms with Gasteiger partial charge in [0.15, 0.2) is 20.8 Å². The molecule has 1 saturated heterocycles. The van der Waals surface area contributed by atoms with E-state index in [4.69, 9.17) is 0 Å².